The number of nitrogens with zero attached hydrogens (tertiary/aromatic N) is 2. The van der Waals surface area contributed by atoms with Gasteiger partial charge in [0.15, 0.2) is 0 Å². The van der Waals surface area contributed by atoms with E-state index >= 15 is 0 Å². The van der Waals surface area contributed by atoms with E-state index in [1.165, 1.54) is 4.57 Å². The Labute approximate surface area is 183 Å². The third-order valence-electron chi connectivity index (χ3n) is 6.09. The summed E-state index contributed by atoms with van der Waals surface area (Å²) in [4.78, 5) is 44.1. The van der Waals surface area contributed by atoms with E-state index < -0.39 is 23.5 Å². The third-order valence-corrected chi connectivity index (χ3v) is 6.09. The lowest BCUT2D eigenvalue weighted by molar-refractivity contribution is -0.149. The first kappa shape index (κ1) is 21.0. The maximum atomic E-state index is 13.3. The van der Waals surface area contributed by atoms with Crippen molar-refractivity contribution in [3.05, 3.63) is 70.3 Å². The molecule has 3 aromatic rings. The van der Waals surface area contributed by atoms with Gasteiger partial charge in [0, 0.05) is 5.69 Å². The molecule has 1 amide bonds. The fourth-order valence-corrected chi connectivity index (χ4v) is 4.70. The van der Waals surface area contributed by atoms with Gasteiger partial charge >= 0.3 is 5.97 Å². The van der Waals surface area contributed by atoms with Crippen LogP contribution in [-0.4, -0.2) is 28.0 Å². The van der Waals surface area contributed by atoms with Gasteiger partial charge in [0.05, 0.1) is 23.6 Å². The molecule has 1 spiro atoms. The molecule has 2 aromatic carbocycles. The lowest BCUT2D eigenvalue weighted by Gasteiger charge is -2.41. The second-order valence-electron chi connectivity index (χ2n) is 7.58. The maximum absolute atomic E-state index is 13.3. The number of carbonyl (C=O) groups is 2. The summed E-state index contributed by atoms with van der Waals surface area (Å²) in [5.41, 5.74) is 6.87. The Morgan fingerprint density at radius 3 is 2.71 bits per heavy atom. The van der Waals surface area contributed by atoms with Crippen LogP contribution >= 0.6 is 12.4 Å². The first-order valence-electron chi connectivity index (χ1n) is 9.83. The Morgan fingerprint density at radius 1 is 1.23 bits per heavy atom. The van der Waals surface area contributed by atoms with Crippen molar-refractivity contribution in [2.75, 3.05) is 11.9 Å². The van der Waals surface area contributed by atoms with Gasteiger partial charge in [0.25, 0.3) is 5.56 Å². The average Bonchev–Trinajstić information content (AvgIpc) is 3.03. The van der Waals surface area contributed by atoms with Crippen LogP contribution in [0.2, 0.25) is 0 Å². The van der Waals surface area contributed by atoms with Crippen molar-refractivity contribution in [2.45, 2.75) is 30.8 Å². The molecule has 2 aliphatic heterocycles. The molecular formula is C22H21ClN4O4. The van der Waals surface area contributed by atoms with E-state index in [1.54, 1.807) is 37.3 Å². The van der Waals surface area contributed by atoms with Crippen molar-refractivity contribution in [3.63, 3.8) is 0 Å². The van der Waals surface area contributed by atoms with Gasteiger partial charge in [-0.15, -0.1) is 12.4 Å². The number of fused-ring (bicyclic) bond motifs is 4. The van der Waals surface area contributed by atoms with Gasteiger partial charge in [-0.3, -0.25) is 14.2 Å². The van der Waals surface area contributed by atoms with Gasteiger partial charge in [0.1, 0.15) is 17.3 Å². The fourth-order valence-electron chi connectivity index (χ4n) is 4.70. The number of hydrogen-bond acceptors (Lipinski definition) is 6. The number of amides is 1. The van der Waals surface area contributed by atoms with Crippen LogP contribution in [-0.2, 0) is 19.7 Å². The van der Waals surface area contributed by atoms with Gasteiger partial charge < -0.3 is 15.8 Å². The summed E-state index contributed by atoms with van der Waals surface area (Å²) in [6.45, 7) is 1.85. The summed E-state index contributed by atoms with van der Waals surface area (Å²) >= 11 is 0. The van der Waals surface area contributed by atoms with E-state index in [2.05, 4.69) is 10.3 Å². The van der Waals surface area contributed by atoms with Gasteiger partial charge in [-0.25, -0.2) is 9.78 Å². The highest BCUT2D eigenvalue weighted by atomic mass is 35.5. The summed E-state index contributed by atoms with van der Waals surface area (Å²) in [5.74, 6) is -0.685. The fraction of sp³-hybridized carbons (Fsp3) is 0.273. The van der Waals surface area contributed by atoms with Crippen LogP contribution in [0.5, 0.6) is 0 Å². The number of nitrogens with two attached hydrogens (primary N) is 1. The Bertz CT molecular complexity index is 1270. The number of hydrogen-bond donors (Lipinski definition) is 2. The first-order valence-corrected chi connectivity index (χ1v) is 9.83. The standard InChI is InChI=1S/C22H20N4O4.ClH/c1-2-30-20(28)16-11-22(13-8-4-6-10-15(13)25-21(22)29)17(23)18-24-14-9-5-3-7-12(14)19(27)26(16)18;/h3-10,16-17H,2,11,23H2,1H3,(H,25,29);1H/t16-,17+,22-;/m1./s1. The molecule has 5 rings (SSSR count). The summed E-state index contributed by atoms with van der Waals surface area (Å²) in [6, 6.07) is 12.2. The average molecular weight is 441 g/mol. The van der Waals surface area contributed by atoms with E-state index in [1.807, 2.05) is 18.2 Å². The molecule has 3 N–H and O–H groups in total. The predicted molar refractivity (Wildman–Crippen MR) is 117 cm³/mol. The minimum absolute atomic E-state index is 0. The van der Waals surface area contributed by atoms with Crippen molar-refractivity contribution in [1.82, 2.24) is 9.55 Å². The number of aromatic nitrogens is 2. The number of para-hydroxylation sites is 2. The molecule has 1 aromatic heterocycles. The first-order chi connectivity index (χ1) is 14.5. The second-order valence-corrected chi connectivity index (χ2v) is 7.58. The van der Waals surface area contributed by atoms with Crippen molar-refractivity contribution in [2.24, 2.45) is 5.73 Å². The number of anilines is 1. The number of halogens is 1. The Hall–Kier alpha value is -3.23. The number of benzene rings is 2. The summed E-state index contributed by atoms with van der Waals surface area (Å²) in [6.07, 6.45) is 0.0166. The third kappa shape index (κ3) is 2.79. The van der Waals surface area contributed by atoms with Crippen molar-refractivity contribution in [1.29, 1.82) is 0 Å². The van der Waals surface area contributed by atoms with Crippen LogP contribution in [0.15, 0.2) is 53.3 Å². The maximum Gasteiger partial charge on any atom is 0.329 e. The van der Waals surface area contributed by atoms with Crippen LogP contribution in [0.25, 0.3) is 10.9 Å². The molecule has 160 valence electrons. The highest BCUT2D eigenvalue weighted by molar-refractivity contribution is 6.07. The predicted octanol–water partition coefficient (Wildman–Crippen LogP) is 2.22. The van der Waals surface area contributed by atoms with Crippen LogP contribution < -0.4 is 16.6 Å². The molecule has 0 unspecified atom stereocenters. The molecule has 8 nitrogen and oxygen atoms in total. The lowest BCUT2D eigenvalue weighted by Crippen LogP contribution is -2.54. The molecule has 0 bridgehead atoms. The second kappa shape index (κ2) is 7.47. The number of rotatable bonds is 2. The number of carbonyl (C=O) groups excluding carboxylic acids is 2. The Morgan fingerprint density at radius 2 is 1.94 bits per heavy atom. The molecule has 2 aliphatic rings. The number of esters is 1. The summed E-state index contributed by atoms with van der Waals surface area (Å²) < 4.78 is 6.58. The van der Waals surface area contributed by atoms with Crippen LogP contribution in [0.4, 0.5) is 5.69 Å². The lowest BCUT2D eigenvalue weighted by atomic mass is 9.68. The molecule has 0 saturated carbocycles. The number of ether oxygens (including phenoxy) is 1. The Balaban J connectivity index is 0.00000231. The van der Waals surface area contributed by atoms with Crippen molar-refractivity contribution >= 4 is 40.9 Å². The van der Waals surface area contributed by atoms with E-state index in [0.717, 1.165) is 0 Å². The zero-order valence-electron chi connectivity index (χ0n) is 16.7. The Kier molecular flexibility index (Phi) is 5.07. The van der Waals surface area contributed by atoms with E-state index in [0.29, 0.717) is 22.2 Å². The number of nitrogens with one attached hydrogen (secondary N) is 1. The van der Waals surface area contributed by atoms with Crippen molar-refractivity contribution < 1.29 is 14.3 Å². The summed E-state index contributed by atoms with van der Waals surface area (Å²) in [7, 11) is 0. The zero-order valence-corrected chi connectivity index (χ0v) is 17.5. The van der Waals surface area contributed by atoms with Crippen molar-refractivity contribution in [3.8, 4) is 0 Å². The topological polar surface area (TPSA) is 116 Å². The SMILES string of the molecule is CCOC(=O)[C@H]1C[C@]2(C(=O)Nc3ccccc32)[C@@H](N)c2nc3ccccc3c(=O)n21.Cl. The van der Waals surface area contributed by atoms with Gasteiger partial charge in [-0.1, -0.05) is 30.3 Å². The van der Waals surface area contributed by atoms with Crippen LogP contribution in [0.3, 0.4) is 0 Å². The molecule has 3 heterocycles. The molecule has 0 radical (unpaired) electrons. The van der Waals surface area contributed by atoms with Gasteiger partial charge in [0.2, 0.25) is 5.91 Å². The van der Waals surface area contributed by atoms with E-state index in [4.69, 9.17) is 10.5 Å². The molecule has 0 saturated heterocycles. The minimum Gasteiger partial charge on any atom is -0.464 e. The minimum atomic E-state index is -1.23. The van der Waals surface area contributed by atoms with Crippen LogP contribution in [0.1, 0.15) is 36.8 Å². The smallest absolute Gasteiger partial charge is 0.329 e. The normalized spacial score (nSPS) is 23.6. The summed E-state index contributed by atoms with van der Waals surface area (Å²) in [5, 5.41) is 3.26. The monoisotopic (exact) mass is 440 g/mol. The molecule has 0 fully saturated rings. The quantitative estimate of drug-likeness (QED) is 0.590. The largest absolute Gasteiger partial charge is 0.464 e. The molecule has 9 heteroatoms. The molecular weight excluding hydrogens is 420 g/mol. The van der Waals surface area contributed by atoms with E-state index in [9.17, 15) is 14.4 Å². The van der Waals surface area contributed by atoms with Gasteiger partial charge in [-0.05, 0) is 37.1 Å². The highest BCUT2D eigenvalue weighted by Gasteiger charge is 2.58. The molecule has 0 aliphatic carbocycles. The molecule has 3 atom stereocenters. The van der Waals surface area contributed by atoms with E-state index in [-0.39, 0.29) is 42.7 Å². The van der Waals surface area contributed by atoms with Crippen LogP contribution in [0, 0.1) is 0 Å². The van der Waals surface area contributed by atoms with Gasteiger partial charge in [-0.2, -0.15) is 0 Å². The zero-order chi connectivity index (χ0) is 21.0. The highest BCUT2D eigenvalue weighted by Crippen LogP contribution is 2.52. The molecule has 31 heavy (non-hydrogen) atoms.